The van der Waals surface area contributed by atoms with E-state index in [-0.39, 0.29) is 38.5 Å². The number of carbonyl (C=O) groups excluding carboxylic acids is 1. The van der Waals surface area contributed by atoms with Gasteiger partial charge in [-0.2, -0.15) is 0 Å². The first-order valence-corrected chi connectivity index (χ1v) is 16.1. The molecule has 3 fully saturated rings. The first-order valence-electron chi connectivity index (χ1n) is 16.1. The lowest BCUT2D eigenvalue weighted by molar-refractivity contribution is -0.297. The van der Waals surface area contributed by atoms with Crippen molar-refractivity contribution in [1.29, 1.82) is 0 Å². The minimum Gasteiger partial charge on any atom is -0.492 e. The first-order chi connectivity index (χ1) is 22.0. The molecule has 18 heteroatoms. The van der Waals surface area contributed by atoms with Crippen LogP contribution in [0.1, 0.15) is 39.5 Å². The Kier molecular flexibility index (Phi) is 11.8. The summed E-state index contributed by atoms with van der Waals surface area (Å²) in [7, 11) is 1.57. The fourth-order valence-electron chi connectivity index (χ4n) is 7.21. The predicted octanol–water partition coefficient (Wildman–Crippen LogP) is -5.91. The zero-order valence-corrected chi connectivity index (χ0v) is 27.3. The predicted molar refractivity (Wildman–Crippen MR) is 170 cm³/mol. The molecular weight excluding hydrogens is 618 g/mol. The van der Waals surface area contributed by atoms with Crippen LogP contribution in [0.15, 0.2) is 16.8 Å². The summed E-state index contributed by atoms with van der Waals surface area (Å²) < 4.78 is 18.3. The molecule has 0 spiro atoms. The zero-order valence-electron chi connectivity index (χ0n) is 27.3. The van der Waals surface area contributed by atoms with Crippen molar-refractivity contribution in [3.63, 3.8) is 0 Å². The maximum Gasteiger partial charge on any atom is 0.254 e. The van der Waals surface area contributed by atoms with E-state index >= 15 is 0 Å². The summed E-state index contributed by atoms with van der Waals surface area (Å²) in [4.78, 5) is 17.5. The van der Waals surface area contributed by atoms with Crippen LogP contribution in [0.5, 0.6) is 0 Å². The maximum absolute atomic E-state index is 13.5. The molecule has 0 radical (unpaired) electrons. The fourth-order valence-corrected chi connectivity index (χ4v) is 7.21. The van der Waals surface area contributed by atoms with Gasteiger partial charge >= 0.3 is 0 Å². The number of nitrogens with two attached hydrogens (primary N) is 5. The Morgan fingerprint density at radius 3 is 2.51 bits per heavy atom. The number of carbonyl (C=O) groups is 1. The number of ether oxygens (including phenoxy) is 3. The van der Waals surface area contributed by atoms with Gasteiger partial charge in [-0.05, 0) is 52.8 Å². The molecule has 2 aliphatic heterocycles. The summed E-state index contributed by atoms with van der Waals surface area (Å²) in [5, 5.41) is 64.4. The Bertz CT molecular complexity index is 1160. The standard InChI is InChI=1S/C29H55N9O9/c1-27(43)12-45-24(20(41)23(27)35-3)47-22-17(37-25(42)29(44)11-28(29,2)38-26(33)34)8-15(32)18(19(22)40)21-16(5-4-14(9-31)46-21)36-10-13(39)6-7-30/h4,13,15-24,35-36,39-41,43-44H,5-12,30-32H2,1-3H3,(H,37,42)(H4,33,34,38). The van der Waals surface area contributed by atoms with Gasteiger partial charge < -0.3 is 84.4 Å². The number of aliphatic hydroxyl groups is 5. The van der Waals surface area contributed by atoms with Crippen molar-refractivity contribution in [2.75, 3.05) is 33.3 Å². The number of hydrogen-bond acceptors (Lipinski definition) is 15. The summed E-state index contributed by atoms with van der Waals surface area (Å²) in [6.07, 6.45) is -4.10. The highest BCUT2D eigenvalue weighted by Crippen LogP contribution is 2.51. The molecule has 4 aliphatic rings. The van der Waals surface area contributed by atoms with Gasteiger partial charge in [0.1, 0.15) is 35.2 Å². The third-order valence-electron chi connectivity index (χ3n) is 9.99. The lowest BCUT2D eigenvalue weighted by Crippen LogP contribution is -2.70. The number of aliphatic imine (C=N–C) groups is 1. The van der Waals surface area contributed by atoms with Crippen LogP contribution in [-0.4, -0.2) is 148 Å². The number of rotatable bonds is 13. The van der Waals surface area contributed by atoms with Gasteiger partial charge in [-0.25, -0.2) is 4.99 Å². The van der Waals surface area contributed by atoms with E-state index in [0.29, 0.717) is 25.1 Å². The number of amides is 1. The normalized spacial score (nSPS) is 44.1. The van der Waals surface area contributed by atoms with Gasteiger partial charge in [0.25, 0.3) is 5.91 Å². The first kappa shape index (κ1) is 37.6. The molecule has 18 N–H and O–H groups in total. The molecule has 14 unspecified atom stereocenters. The fraction of sp³-hybridized carbons (Fsp3) is 0.862. The minimum absolute atomic E-state index is 0.0456. The molecule has 0 bridgehead atoms. The Morgan fingerprint density at radius 2 is 1.89 bits per heavy atom. The summed E-state index contributed by atoms with van der Waals surface area (Å²) in [6, 6.07) is -3.00. The SMILES string of the molecule is CNC1C(O)C(OC2C(NC(=O)C3(O)CC3(C)N=C(N)N)CC(N)C(C3OC(CN)=CCC3NCC(O)CCN)C2O)OCC1(C)O. The van der Waals surface area contributed by atoms with E-state index in [9.17, 15) is 30.3 Å². The third-order valence-corrected chi connectivity index (χ3v) is 9.99. The smallest absolute Gasteiger partial charge is 0.254 e. The highest BCUT2D eigenvalue weighted by molar-refractivity contribution is 5.92. The van der Waals surface area contributed by atoms with Crippen LogP contribution < -0.4 is 44.6 Å². The molecule has 14 atom stereocenters. The molecule has 1 amide bonds. The van der Waals surface area contributed by atoms with Gasteiger partial charge in [-0.3, -0.25) is 4.79 Å². The molecule has 4 rings (SSSR count). The molecule has 1 saturated heterocycles. The van der Waals surface area contributed by atoms with E-state index in [0.717, 1.165) is 0 Å². The van der Waals surface area contributed by atoms with Gasteiger partial charge in [0.05, 0.1) is 37.4 Å². The van der Waals surface area contributed by atoms with Gasteiger partial charge in [0.15, 0.2) is 17.9 Å². The Labute approximate surface area is 274 Å². The van der Waals surface area contributed by atoms with Crippen molar-refractivity contribution < 1.29 is 44.5 Å². The van der Waals surface area contributed by atoms with Crippen LogP contribution in [-0.2, 0) is 19.0 Å². The molecular formula is C29H55N9O9. The summed E-state index contributed by atoms with van der Waals surface area (Å²) in [5.74, 6) is -1.38. The Balaban J connectivity index is 1.63. The van der Waals surface area contributed by atoms with Crippen LogP contribution in [0.3, 0.4) is 0 Å². The summed E-state index contributed by atoms with van der Waals surface area (Å²) in [5.41, 5.74) is 24.6. The second-order valence-electron chi connectivity index (χ2n) is 13.7. The average molecular weight is 674 g/mol. The van der Waals surface area contributed by atoms with E-state index in [2.05, 4.69) is 20.9 Å². The van der Waals surface area contributed by atoms with Crippen LogP contribution in [0.25, 0.3) is 0 Å². The monoisotopic (exact) mass is 673 g/mol. The molecule has 2 heterocycles. The number of hydrogen-bond donors (Lipinski definition) is 13. The molecule has 0 aromatic heterocycles. The number of likely N-dealkylation sites (N-methyl/N-ethyl adjacent to an activating group) is 1. The van der Waals surface area contributed by atoms with Crippen molar-refractivity contribution in [3.8, 4) is 0 Å². The van der Waals surface area contributed by atoms with Crippen molar-refractivity contribution in [2.24, 2.45) is 39.6 Å². The second-order valence-corrected chi connectivity index (χ2v) is 13.7. The minimum atomic E-state index is -1.93. The van der Waals surface area contributed by atoms with Crippen molar-refractivity contribution in [2.45, 2.75) is 117 Å². The van der Waals surface area contributed by atoms with E-state index in [1.165, 1.54) is 13.8 Å². The van der Waals surface area contributed by atoms with Crippen molar-refractivity contribution in [3.05, 3.63) is 11.8 Å². The molecule has 2 aliphatic carbocycles. The number of nitrogens with one attached hydrogen (secondary N) is 3. The van der Waals surface area contributed by atoms with E-state index in [1.807, 2.05) is 6.08 Å². The van der Waals surface area contributed by atoms with Gasteiger partial charge in [-0.15, -0.1) is 0 Å². The zero-order chi connectivity index (χ0) is 34.9. The lowest BCUT2D eigenvalue weighted by Gasteiger charge is -2.51. The number of nitrogens with zero attached hydrogens (tertiary/aromatic N) is 1. The van der Waals surface area contributed by atoms with Gasteiger partial charge in [0, 0.05) is 31.0 Å². The summed E-state index contributed by atoms with van der Waals surface area (Å²) >= 11 is 0. The maximum atomic E-state index is 13.5. The molecule has 270 valence electrons. The average Bonchev–Trinajstić information content (AvgIpc) is 3.55. The van der Waals surface area contributed by atoms with E-state index in [1.54, 1.807) is 7.05 Å². The molecule has 47 heavy (non-hydrogen) atoms. The van der Waals surface area contributed by atoms with Crippen LogP contribution in [0, 0.1) is 5.92 Å². The highest BCUT2D eigenvalue weighted by atomic mass is 16.7. The molecule has 0 aromatic rings. The van der Waals surface area contributed by atoms with Crippen LogP contribution >= 0.6 is 0 Å². The third kappa shape index (κ3) is 7.84. The van der Waals surface area contributed by atoms with Crippen LogP contribution in [0.4, 0.5) is 0 Å². The number of aliphatic hydroxyl groups excluding tert-OH is 3. The Morgan fingerprint density at radius 1 is 1.19 bits per heavy atom. The molecule has 18 nitrogen and oxygen atoms in total. The van der Waals surface area contributed by atoms with Crippen molar-refractivity contribution >= 4 is 11.9 Å². The van der Waals surface area contributed by atoms with E-state index in [4.69, 9.17) is 42.9 Å². The number of guanidine groups is 1. The largest absolute Gasteiger partial charge is 0.492 e. The summed E-state index contributed by atoms with van der Waals surface area (Å²) in [6.45, 7) is 3.47. The van der Waals surface area contributed by atoms with Crippen LogP contribution in [0.2, 0.25) is 0 Å². The molecule has 0 aromatic carbocycles. The highest BCUT2D eigenvalue weighted by Gasteiger charge is 2.70. The topological polar surface area (TPSA) is 324 Å². The van der Waals surface area contributed by atoms with Gasteiger partial charge in [0.2, 0.25) is 0 Å². The molecule has 2 saturated carbocycles. The van der Waals surface area contributed by atoms with Gasteiger partial charge in [-0.1, -0.05) is 0 Å². The van der Waals surface area contributed by atoms with Crippen molar-refractivity contribution in [1.82, 2.24) is 16.0 Å². The Hall–Kier alpha value is -2.20. The quantitative estimate of drug-likeness (QED) is 0.0639. The lowest BCUT2D eigenvalue weighted by atomic mass is 9.72. The van der Waals surface area contributed by atoms with E-state index < -0.39 is 89.5 Å². The second kappa shape index (κ2) is 14.7.